The van der Waals surface area contributed by atoms with Gasteiger partial charge in [-0.25, -0.2) is 0 Å². The summed E-state index contributed by atoms with van der Waals surface area (Å²) in [4.78, 5) is 0. The van der Waals surface area contributed by atoms with E-state index in [2.05, 4.69) is 13.5 Å². The maximum Gasteiger partial charge on any atom is -0.0206 e. The molecule has 0 N–H and O–H groups in total. The van der Waals surface area contributed by atoms with Crippen molar-refractivity contribution in [3.05, 3.63) is 12.2 Å². The van der Waals surface area contributed by atoms with Gasteiger partial charge in [-0.05, 0) is 31.6 Å². The summed E-state index contributed by atoms with van der Waals surface area (Å²) in [6, 6.07) is 0. The van der Waals surface area contributed by atoms with Crippen molar-refractivity contribution >= 4 is 0 Å². The van der Waals surface area contributed by atoms with Crippen molar-refractivity contribution in [3.63, 3.8) is 0 Å². The molecule has 0 heteroatoms. The molecule has 0 radical (unpaired) electrons. The molecule has 0 nitrogen and oxygen atoms in total. The summed E-state index contributed by atoms with van der Waals surface area (Å²) in [5.41, 5.74) is 1.55. The van der Waals surface area contributed by atoms with Crippen molar-refractivity contribution in [2.45, 2.75) is 64.7 Å². The molecule has 0 aliphatic heterocycles. The van der Waals surface area contributed by atoms with Gasteiger partial charge in [0.2, 0.25) is 0 Å². The first-order chi connectivity index (χ1) is 6.34. The fraction of sp³-hybridized carbons (Fsp3) is 0.846. The first-order valence-electron chi connectivity index (χ1n) is 6.02. The Balaban J connectivity index is 2.13. The summed E-state index contributed by atoms with van der Waals surface area (Å²) < 4.78 is 0. The summed E-state index contributed by atoms with van der Waals surface area (Å²) in [6.07, 6.45) is 12.6. The molecule has 0 aromatic heterocycles. The Morgan fingerprint density at radius 3 is 2.46 bits per heavy atom. The van der Waals surface area contributed by atoms with E-state index in [0.29, 0.717) is 0 Å². The smallest absolute Gasteiger partial charge is 0.0206 e. The third-order valence-electron chi connectivity index (χ3n) is 3.28. The second-order valence-corrected chi connectivity index (χ2v) is 4.45. The molecule has 1 aliphatic carbocycles. The molecular formula is C13H24. The van der Waals surface area contributed by atoms with Crippen LogP contribution < -0.4 is 0 Å². The van der Waals surface area contributed by atoms with Gasteiger partial charge in [0.1, 0.15) is 0 Å². The number of hydrogen-bond donors (Lipinski definition) is 0. The highest BCUT2D eigenvalue weighted by Crippen LogP contribution is 2.31. The van der Waals surface area contributed by atoms with E-state index >= 15 is 0 Å². The van der Waals surface area contributed by atoms with Crippen molar-refractivity contribution in [3.8, 4) is 0 Å². The number of allylic oxidation sites excluding steroid dienone is 1. The van der Waals surface area contributed by atoms with E-state index in [1.807, 2.05) is 0 Å². The summed E-state index contributed by atoms with van der Waals surface area (Å²) in [5.74, 6) is 0.880. The number of rotatable bonds is 5. The van der Waals surface area contributed by atoms with Gasteiger partial charge >= 0.3 is 0 Å². The third kappa shape index (κ3) is 3.97. The Morgan fingerprint density at radius 1 is 1.15 bits per heavy atom. The lowest BCUT2D eigenvalue weighted by Gasteiger charge is -2.23. The van der Waals surface area contributed by atoms with Crippen LogP contribution in [0.1, 0.15) is 64.7 Å². The Kier molecular flexibility index (Phi) is 5.19. The standard InChI is InChI=1S/C13H24/c1-3-4-6-9-12(2)13-10-7-5-8-11-13/h13H,2-11H2,1H3. The molecule has 1 fully saturated rings. The Labute approximate surface area is 83.4 Å². The van der Waals surface area contributed by atoms with E-state index < -0.39 is 0 Å². The van der Waals surface area contributed by atoms with Crippen LogP contribution in [-0.2, 0) is 0 Å². The minimum absolute atomic E-state index is 0.880. The summed E-state index contributed by atoms with van der Waals surface area (Å²) in [5, 5.41) is 0. The lowest BCUT2D eigenvalue weighted by molar-refractivity contribution is 0.393. The van der Waals surface area contributed by atoms with Crippen molar-refractivity contribution < 1.29 is 0 Å². The normalized spacial score (nSPS) is 18.8. The topological polar surface area (TPSA) is 0 Å². The summed E-state index contributed by atoms with van der Waals surface area (Å²) in [6.45, 7) is 6.52. The zero-order valence-corrected chi connectivity index (χ0v) is 9.15. The van der Waals surface area contributed by atoms with Gasteiger partial charge in [0.15, 0.2) is 0 Å². The monoisotopic (exact) mass is 180 g/mol. The van der Waals surface area contributed by atoms with Gasteiger partial charge < -0.3 is 0 Å². The van der Waals surface area contributed by atoms with Crippen molar-refractivity contribution in [2.24, 2.45) is 5.92 Å². The van der Waals surface area contributed by atoms with Crippen LogP contribution in [0.25, 0.3) is 0 Å². The average molecular weight is 180 g/mol. The molecule has 1 saturated carbocycles. The molecule has 0 saturated heterocycles. The van der Waals surface area contributed by atoms with Crippen LogP contribution in [-0.4, -0.2) is 0 Å². The van der Waals surface area contributed by atoms with Crippen LogP contribution in [0.15, 0.2) is 12.2 Å². The SMILES string of the molecule is C=C(CCCCC)C1CCCCC1. The molecule has 1 rings (SSSR count). The van der Waals surface area contributed by atoms with Crippen LogP contribution >= 0.6 is 0 Å². The van der Waals surface area contributed by atoms with Gasteiger partial charge in [-0.1, -0.05) is 51.2 Å². The van der Waals surface area contributed by atoms with Gasteiger partial charge in [0, 0.05) is 0 Å². The second-order valence-electron chi connectivity index (χ2n) is 4.45. The van der Waals surface area contributed by atoms with Gasteiger partial charge in [0.05, 0.1) is 0 Å². The highest BCUT2D eigenvalue weighted by molar-refractivity contribution is 5.01. The van der Waals surface area contributed by atoms with Gasteiger partial charge in [-0.3, -0.25) is 0 Å². The molecule has 1 aliphatic rings. The fourth-order valence-electron chi connectivity index (χ4n) is 2.32. The maximum atomic E-state index is 4.25. The van der Waals surface area contributed by atoms with E-state index in [4.69, 9.17) is 0 Å². The van der Waals surface area contributed by atoms with Gasteiger partial charge in [-0.2, -0.15) is 0 Å². The Bertz CT molecular complexity index is 140. The third-order valence-corrected chi connectivity index (χ3v) is 3.28. The molecule has 0 amide bonds. The predicted molar refractivity (Wildman–Crippen MR) is 59.9 cm³/mol. The van der Waals surface area contributed by atoms with Gasteiger partial charge in [0.25, 0.3) is 0 Å². The minimum atomic E-state index is 0.880. The molecule has 13 heavy (non-hydrogen) atoms. The van der Waals surface area contributed by atoms with Crippen molar-refractivity contribution in [1.29, 1.82) is 0 Å². The maximum absolute atomic E-state index is 4.25. The quantitative estimate of drug-likeness (QED) is 0.425. The zero-order valence-electron chi connectivity index (χ0n) is 9.15. The molecule has 0 aromatic rings. The van der Waals surface area contributed by atoms with E-state index in [1.165, 1.54) is 57.8 Å². The molecule has 0 bridgehead atoms. The molecule has 0 aromatic carbocycles. The van der Waals surface area contributed by atoms with E-state index in [1.54, 1.807) is 5.57 Å². The van der Waals surface area contributed by atoms with Crippen LogP contribution in [0.5, 0.6) is 0 Å². The summed E-state index contributed by atoms with van der Waals surface area (Å²) >= 11 is 0. The average Bonchev–Trinajstić information content (AvgIpc) is 2.19. The van der Waals surface area contributed by atoms with Crippen LogP contribution in [0.4, 0.5) is 0 Å². The number of hydrogen-bond acceptors (Lipinski definition) is 0. The first kappa shape index (κ1) is 10.8. The van der Waals surface area contributed by atoms with Crippen molar-refractivity contribution in [1.82, 2.24) is 0 Å². The molecule has 0 atom stereocenters. The Morgan fingerprint density at radius 2 is 1.85 bits per heavy atom. The fourth-order valence-corrected chi connectivity index (χ4v) is 2.32. The van der Waals surface area contributed by atoms with Gasteiger partial charge in [-0.15, -0.1) is 0 Å². The summed E-state index contributed by atoms with van der Waals surface area (Å²) in [7, 11) is 0. The number of unbranched alkanes of at least 4 members (excludes halogenated alkanes) is 2. The lowest BCUT2D eigenvalue weighted by atomic mass is 9.82. The molecular weight excluding hydrogens is 156 g/mol. The van der Waals surface area contributed by atoms with Crippen LogP contribution in [0.3, 0.4) is 0 Å². The highest BCUT2D eigenvalue weighted by Gasteiger charge is 2.15. The molecule has 0 heterocycles. The highest BCUT2D eigenvalue weighted by atomic mass is 14.2. The van der Waals surface area contributed by atoms with Crippen molar-refractivity contribution in [2.75, 3.05) is 0 Å². The van der Waals surface area contributed by atoms with E-state index in [9.17, 15) is 0 Å². The second kappa shape index (κ2) is 6.23. The van der Waals surface area contributed by atoms with Crippen LogP contribution in [0.2, 0.25) is 0 Å². The molecule has 0 spiro atoms. The first-order valence-corrected chi connectivity index (χ1v) is 6.02. The predicted octanol–water partition coefficient (Wildman–Crippen LogP) is 4.70. The lowest BCUT2D eigenvalue weighted by Crippen LogP contribution is -2.08. The zero-order chi connectivity index (χ0) is 9.52. The van der Waals surface area contributed by atoms with E-state index in [0.717, 1.165) is 5.92 Å². The molecule has 76 valence electrons. The minimum Gasteiger partial charge on any atom is -0.0996 e. The largest absolute Gasteiger partial charge is 0.0996 e. The van der Waals surface area contributed by atoms with E-state index in [-0.39, 0.29) is 0 Å². The van der Waals surface area contributed by atoms with Crippen LogP contribution in [0, 0.1) is 5.92 Å². The molecule has 0 unspecified atom stereocenters. The Hall–Kier alpha value is -0.260.